The summed E-state index contributed by atoms with van der Waals surface area (Å²) in [6.07, 6.45) is -3.60. The Labute approximate surface area is 64.2 Å². The summed E-state index contributed by atoms with van der Waals surface area (Å²) in [5, 5.41) is 26.9. The standard InChI is InChI=1S/C6H12O5/c1-10-5-4(8)3(2-7)11-6(5)9/h3-9H,2H2,1H3/t3-,4-,5+,6-/m1/s1. The second-order valence-corrected chi connectivity index (χ2v) is 2.44. The highest BCUT2D eigenvalue weighted by Crippen LogP contribution is 2.21. The Morgan fingerprint density at radius 2 is 2.09 bits per heavy atom. The molecule has 0 aromatic rings. The molecule has 4 atom stereocenters. The lowest BCUT2D eigenvalue weighted by Gasteiger charge is -2.14. The van der Waals surface area contributed by atoms with Crippen LogP contribution in [0, 0.1) is 0 Å². The monoisotopic (exact) mass is 164 g/mol. The fraction of sp³-hybridized carbons (Fsp3) is 1.00. The quantitative estimate of drug-likeness (QED) is 0.443. The van der Waals surface area contributed by atoms with Crippen LogP contribution in [0.5, 0.6) is 0 Å². The molecular weight excluding hydrogens is 152 g/mol. The molecule has 0 bridgehead atoms. The molecule has 0 aromatic heterocycles. The molecule has 0 spiro atoms. The van der Waals surface area contributed by atoms with Crippen LogP contribution in [0.15, 0.2) is 0 Å². The third kappa shape index (κ3) is 1.52. The van der Waals surface area contributed by atoms with Crippen LogP contribution in [-0.4, -0.2) is 53.6 Å². The van der Waals surface area contributed by atoms with Gasteiger partial charge in [0.05, 0.1) is 6.61 Å². The number of methoxy groups -OCH3 is 1. The topological polar surface area (TPSA) is 79.2 Å². The molecule has 5 heteroatoms. The van der Waals surface area contributed by atoms with E-state index in [1.807, 2.05) is 0 Å². The maximum atomic E-state index is 9.25. The number of ether oxygens (including phenoxy) is 2. The van der Waals surface area contributed by atoms with Crippen molar-refractivity contribution in [2.45, 2.75) is 24.6 Å². The van der Waals surface area contributed by atoms with E-state index in [-0.39, 0.29) is 6.61 Å². The smallest absolute Gasteiger partial charge is 0.184 e. The van der Waals surface area contributed by atoms with Crippen molar-refractivity contribution in [1.29, 1.82) is 0 Å². The van der Waals surface area contributed by atoms with Gasteiger partial charge in [0, 0.05) is 7.11 Å². The van der Waals surface area contributed by atoms with Gasteiger partial charge in [-0.15, -0.1) is 0 Å². The zero-order valence-corrected chi connectivity index (χ0v) is 6.17. The highest BCUT2D eigenvalue weighted by Gasteiger charge is 2.42. The Morgan fingerprint density at radius 1 is 1.45 bits per heavy atom. The van der Waals surface area contributed by atoms with Crippen molar-refractivity contribution in [1.82, 2.24) is 0 Å². The Hall–Kier alpha value is -0.200. The Morgan fingerprint density at radius 3 is 2.36 bits per heavy atom. The van der Waals surface area contributed by atoms with Crippen molar-refractivity contribution in [3.63, 3.8) is 0 Å². The van der Waals surface area contributed by atoms with Gasteiger partial charge >= 0.3 is 0 Å². The van der Waals surface area contributed by atoms with E-state index >= 15 is 0 Å². The summed E-state index contributed by atoms with van der Waals surface area (Å²) in [6, 6.07) is 0. The highest BCUT2D eigenvalue weighted by molar-refractivity contribution is 4.86. The van der Waals surface area contributed by atoms with Gasteiger partial charge in [0.25, 0.3) is 0 Å². The first kappa shape index (κ1) is 8.89. The molecule has 0 unspecified atom stereocenters. The molecule has 1 aliphatic rings. The molecule has 0 radical (unpaired) electrons. The molecule has 0 aromatic carbocycles. The lowest BCUT2D eigenvalue weighted by Crippen LogP contribution is -2.35. The van der Waals surface area contributed by atoms with Crippen LogP contribution >= 0.6 is 0 Å². The maximum Gasteiger partial charge on any atom is 0.184 e. The molecule has 66 valence electrons. The van der Waals surface area contributed by atoms with Gasteiger partial charge in [-0.2, -0.15) is 0 Å². The molecule has 5 nitrogen and oxygen atoms in total. The first-order chi connectivity index (χ1) is 5.20. The van der Waals surface area contributed by atoms with Gasteiger partial charge < -0.3 is 24.8 Å². The maximum absolute atomic E-state index is 9.25. The summed E-state index contributed by atoms with van der Waals surface area (Å²) in [6.45, 7) is -0.321. The second-order valence-electron chi connectivity index (χ2n) is 2.44. The van der Waals surface area contributed by atoms with Gasteiger partial charge in [-0.05, 0) is 0 Å². The largest absolute Gasteiger partial charge is 0.394 e. The molecule has 1 fully saturated rings. The SMILES string of the molecule is CO[C@H]1[C@H](O)[C@@H](CO)O[C@H]1O. The lowest BCUT2D eigenvalue weighted by molar-refractivity contribution is -0.139. The van der Waals surface area contributed by atoms with Crippen LogP contribution in [-0.2, 0) is 9.47 Å². The minimum Gasteiger partial charge on any atom is -0.394 e. The summed E-state index contributed by atoms with van der Waals surface area (Å²) in [5.41, 5.74) is 0. The molecule has 0 saturated carbocycles. The van der Waals surface area contributed by atoms with E-state index in [0.717, 1.165) is 0 Å². The number of hydrogen-bond donors (Lipinski definition) is 3. The van der Waals surface area contributed by atoms with Crippen LogP contribution in [0.3, 0.4) is 0 Å². The predicted octanol–water partition coefficient (Wildman–Crippen LogP) is -1.93. The molecule has 3 N–H and O–H groups in total. The van der Waals surface area contributed by atoms with Crippen molar-refractivity contribution in [3.8, 4) is 0 Å². The van der Waals surface area contributed by atoms with Crippen molar-refractivity contribution in [2.24, 2.45) is 0 Å². The minimum absolute atomic E-state index is 0.321. The van der Waals surface area contributed by atoms with Gasteiger partial charge in [-0.3, -0.25) is 0 Å². The number of rotatable bonds is 2. The average Bonchev–Trinajstić information content (AvgIpc) is 2.26. The van der Waals surface area contributed by atoms with E-state index in [1.165, 1.54) is 7.11 Å². The summed E-state index contributed by atoms with van der Waals surface area (Å²) < 4.78 is 9.49. The summed E-state index contributed by atoms with van der Waals surface area (Å²) in [7, 11) is 1.36. The number of aliphatic hydroxyl groups is 3. The van der Waals surface area contributed by atoms with Crippen molar-refractivity contribution >= 4 is 0 Å². The van der Waals surface area contributed by atoms with Gasteiger partial charge in [-0.1, -0.05) is 0 Å². The summed E-state index contributed by atoms with van der Waals surface area (Å²) in [5.74, 6) is 0. The minimum atomic E-state index is -1.15. The van der Waals surface area contributed by atoms with E-state index in [4.69, 9.17) is 19.7 Å². The Bertz CT molecular complexity index is 128. The molecular formula is C6H12O5. The second kappa shape index (κ2) is 3.46. The summed E-state index contributed by atoms with van der Waals surface area (Å²) in [4.78, 5) is 0. The molecule has 11 heavy (non-hydrogen) atoms. The third-order valence-electron chi connectivity index (χ3n) is 1.76. The van der Waals surface area contributed by atoms with Crippen LogP contribution < -0.4 is 0 Å². The molecule has 1 heterocycles. The predicted molar refractivity (Wildman–Crippen MR) is 34.8 cm³/mol. The van der Waals surface area contributed by atoms with Gasteiger partial charge in [-0.25, -0.2) is 0 Å². The Kier molecular flexibility index (Phi) is 2.80. The first-order valence-electron chi connectivity index (χ1n) is 3.36. The zero-order chi connectivity index (χ0) is 8.43. The molecule has 1 aliphatic heterocycles. The van der Waals surface area contributed by atoms with Gasteiger partial charge in [0.15, 0.2) is 6.29 Å². The van der Waals surface area contributed by atoms with E-state index in [1.54, 1.807) is 0 Å². The van der Waals surface area contributed by atoms with E-state index in [9.17, 15) is 5.11 Å². The number of hydrogen-bond acceptors (Lipinski definition) is 5. The van der Waals surface area contributed by atoms with Crippen LogP contribution in [0.4, 0.5) is 0 Å². The highest BCUT2D eigenvalue weighted by atomic mass is 16.7. The normalized spacial score (nSPS) is 44.7. The number of aliphatic hydroxyl groups excluding tert-OH is 3. The van der Waals surface area contributed by atoms with Crippen molar-refractivity contribution < 1.29 is 24.8 Å². The molecule has 0 amide bonds. The van der Waals surface area contributed by atoms with Crippen molar-refractivity contribution in [3.05, 3.63) is 0 Å². The fourth-order valence-electron chi connectivity index (χ4n) is 1.12. The van der Waals surface area contributed by atoms with E-state index in [0.29, 0.717) is 0 Å². The molecule has 1 rings (SSSR count). The zero-order valence-electron chi connectivity index (χ0n) is 6.17. The van der Waals surface area contributed by atoms with Gasteiger partial charge in [0.2, 0.25) is 0 Å². The first-order valence-corrected chi connectivity index (χ1v) is 3.36. The van der Waals surface area contributed by atoms with Crippen molar-refractivity contribution in [2.75, 3.05) is 13.7 Å². The van der Waals surface area contributed by atoms with Crippen LogP contribution in [0.1, 0.15) is 0 Å². The average molecular weight is 164 g/mol. The summed E-state index contributed by atoms with van der Waals surface area (Å²) >= 11 is 0. The van der Waals surface area contributed by atoms with Crippen LogP contribution in [0.25, 0.3) is 0 Å². The van der Waals surface area contributed by atoms with Gasteiger partial charge in [0.1, 0.15) is 18.3 Å². The van der Waals surface area contributed by atoms with E-state index in [2.05, 4.69) is 0 Å². The van der Waals surface area contributed by atoms with Crippen LogP contribution in [0.2, 0.25) is 0 Å². The molecule has 1 saturated heterocycles. The molecule has 0 aliphatic carbocycles. The lowest BCUT2D eigenvalue weighted by atomic mass is 10.1. The third-order valence-corrected chi connectivity index (χ3v) is 1.76. The Balaban J connectivity index is 2.55. The fourth-order valence-corrected chi connectivity index (χ4v) is 1.12. The van der Waals surface area contributed by atoms with E-state index < -0.39 is 24.6 Å².